The molecule has 2 aromatic rings. The van der Waals surface area contributed by atoms with Gasteiger partial charge in [0.25, 0.3) is 0 Å². The number of carbonyl (C=O) groups excluding carboxylic acids is 2. The van der Waals surface area contributed by atoms with Crippen LogP contribution in [0.3, 0.4) is 0 Å². The highest BCUT2D eigenvalue weighted by Crippen LogP contribution is 2.36. The third-order valence-electron chi connectivity index (χ3n) is 3.22. The molecule has 0 aliphatic heterocycles. The molecule has 0 saturated carbocycles. The third kappa shape index (κ3) is 2.95. The zero-order chi connectivity index (χ0) is 16.1. The highest BCUT2D eigenvalue weighted by Gasteiger charge is 2.14. The molecule has 2 rings (SSSR count). The summed E-state index contributed by atoms with van der Waals surface area (Å²) >= 11 is 0. The van der Waals surface area contributed by atoms with E-state index >= 15 is 0 Å². The lowest BCUT2D eigenvalue weighted by Crippen LogP contribution is -2.13. The third-order valence-corrected chi connectivity index (χ3v) is 3.22. The molecule has 0 aliphatic carbocycles. The summed E-state index contributed by atoms with van der Waals surface area (Å²) < 4.78 is 20.3. The van der Waals surface area contributed by atoms with E-state index in [4.69, 9.17) is 14.2 Å². The second-order valence-electron chi connectivity index (χ2n) is 4.39. The second-order valence-corrected chi connectivity index (χ2v) is 4.39. The van der Waals surface area contributed by atoms with E-state index in [1.54, 1.807) is 24.3 Å². The minimum absolute atomic E-state index is 0.268. The van der Waals surface area contributed by atoms with Crippen LogP contribution < -0.4 is 14.2 Å². The molecule has 0 unspecified atom stereocenters. The number of methoxy groups -OCH3 is 3. The molecule has 6 nitrogen and oxygen atoms in total. The van der Waals surface area contributed by atoms with E-state index in [0.29, 0.717) is 34.5 Å². The molecular formula is C16H16O6. The SMILES string of the molecule is COC(=O)COc1ccc2cc(OC)c(OC)cc2c1C=O. The van der Waals surface area contributed by atoms with Gasteiger partial charge in [-0.15, -0.1) is 0 Å². The van der Waals surface area contributed by atoms with Crippen LogP contribution in [-0.2, 0) is 9.53 Å². The monoisotopic (exact) mass is 304 g/mol. The molecule has 0 heterocycles. The van der Waals surface area contributed by atoms with E-state index in [-0.39, 0.29) is 6.61 Å². The lowest BCUT2D eigenvalue weighted by molar-refractivity contribution is -0.142. The van der Waals surface area contributed by atoms with E-state index in [2.05, 4.69) is 4.74 Å². The van der Waals surface area contributed by atoms with Crippen molar-refractivity contribution in [1.29, 1.82) is 0 Å². The van der Waals surface area contributed by atoms with Gasteiger partial charge in [-0.2, -0.15) is 0 Å². The van der Waals surface area contributed by atoms with Gasteiger partial charge in [0.1, 0.15) is 5.75 Å². The average molecular weight is 304 g/mol. The Labute approximate surface area is 127 Å². The Morgan fingerprint density at radius 1 is 1.05 bits per heavy atom. The Balaban J connectivity index is 2.52. The summed E-state index contributed by atoms with van der Waals surface area (Å²) in [6, 6.07) is 6.87. The van der Waals surface area contributed by atoms with Gasteiger partial charge in [0.15, 0.2) is 24.4 Å². The van der Waals surface area contributed by atoms with Crippen LogP contribution in [0.2, 0.25) is 0 Å². The Morgan fingerprint density at radius 2 is 1.73 bits per heavy atom. The molecule has 0 radical (unpaired) electrons. The van der Waals surface area contributed by atoms with Crippen molar-refractivity contribution in [3.63, 3.8) is 0 Å². The van der Waals surface area contributed by atoms with Crippen molar-refractivity contribution >= 4 is 23.0 Å². The fraction of sp³-hybridized carbons (Fsp3) is 0.250. The van der Waals surface area contributed by atoms with Crippen molar-refractivity contribution < 1.29 is 28.5 Å². The quantitative estimate of drug-likeness (QED) is 0.602. The van der Waals surface area contributed by atoms with Crippen LogP contribution in [0.15, 0.2) is 24.3 Å². The van der Waals surface area contributed by atoms with Gasteiger partial charge in [-0.1, -0.05) is 6.07 Å². The van der Waals surface area contributed by atoms with Gasteiger partial charge in [-0.05, 0) is 29.0 Å². The molecule has 0 aromatic heterocycles. The topological polar surface area (TPSA) is 71.1 Å². The predicted molar refractivity (Wildman–Crippen MR) is 80.0 cm³/mol. The summed E-state index contributed by atoms with van der Waals surface area (Å²) in [5.41, 5.74) is 0.336. The standard InChI is InChI=1S/C16H16O6/c1-19-14-6-10-4-5-13(22-9-16(18)21-3)12(8-17)11(10)7-15(14)20-2/h4-8H,9H2,1-3H3. The number of carbonyl (C=O) groups is 2. The van der Waals surface area contributed by atoms with Crippen molar-refractivity contribution in [2.75, 3.05) is 27.9 Å². The molecule has 0 saturated heterocycles. The number of aldehydes is 1. The number of benzene rings is 2. The van der Waals surface area contributed by atoms with Gasteiger partial charge in [-0.3, -0.25) is 4.79 Å². The lowest BCUT2D eigenvalue weighted by Gasteiger charge is -2.13. The zero-order valence-electron chi connectivity index (χ0n) is 12.5. The molecule has 0 amide bonds. The van der Waals surface area contributed by atoms with Crippen molar-refractivity contribution in [2.45, 2.75) is 0 Å². The Bertz CT molecular complexity index is 707. The summed E-state index contributed by atoms with van der Waals surface area (Å²) in [6.45, 7) is -0.268. The van der Waals surface area contributed by atoms with Gasteiger partial charge in [0.2, 0.25) is 0 Å². The van der Waals surface area contributed by atoms with Crippen LogP contribution >= 0.6 is 0 Å². The number of ether oxygens (including phenoxy) is 4. The maximum atomic E-state index is 11.4. The van der Waals surface area contributed by atoms with Crippen molar-refractivity contribution in [1.82, 2.24) is 0 Å². The van der Waals surface area contributed by atoms with Gasteiger partial charge in [0, 0.05) is 0 Å². The first-order valence-electron chi connectivity index (χ1n) is 6.48. The first-order chi connectivity index (χ1) is 10.6. The van der Waals surface area contributed by atoms with Gasteiger partial charge < -0.3 is 18.9 Å². The molecule has 2 aromatic carbocycles. The van der Waals surface area contributed by atoms with E-state index in [1.807, 2.05) is 0 Å². The number of esters is 1. The molecule has 0 spiro atoms. The largest absolute Gasteiger partial charge is 0.493 e. The Morgan fingerprint density at radius 3 is 2.32 bits per heavy atom. The maximum absolute atomic E-state index is 11.4. The minimum Gasteiger partial charge on any atom is -0.493 e. The van der Waals surface area contributed by atoms with Crippen molar-refractivity contribution in [2.24, 2.45) is 0 Å². The maximum Gasteiger partial charge on any atom is 0.343 e. The summed E-state index contributed by atoms with van der Waals surface area (Å²) in [5.74, 6) is 0.850. The molecule has 6 heteroatoms. The number of rotatable bonds is 6. The van der Waals surface area contributed by atoms with Crippen molar-refractivity contribution in [3.8, 4) is 17.2 Å². The molecule has 0 atom stereocenters. The van der Waals surface area contributed by atoms with E-state index in [0.717, 1.165) is 5.39 Å². The smallest absolute Gasteiger partial charge is 0.343 e. The van der Waals surface area contributed by atoms with E-state index in [9.17, 15) is 9.59 Å². The van der Waals surface area contributed by atoms with Crippen molar-refractivity contribution in [3.05, 3.63) is 29.8 Å². The van der Waals surface area contributed by atoms with Crippen LogP contribution in [0.25, 0.3) is 10.8 Å². The predicted octanol–water partition coefficient (Wildman–Crippen LogP) is 2.22. The molecule has 116 valence electrons. The number of fused-ring (bicyclic) bond motifs is 1. The Kier molecular flexibility index (Phi) is 4.83. The molecule has 0 bridgehead atoms. The first-order valence-corrected chi connectivity index (χ1v) is 6.48. The van der Waals surface area contributed by atoms with Crippen LogP contribution in [0, 0.1) is 0 Å². The van der Waals surface area contributed by atoms with Crippen LogP contribution in [0.1, 0.15) is 10.4 Å². The zero-order valence-corrected chi connectivity index (χ0v) is 12.5. The molecule has 0 N–H and O–H groups in total. The highest BCUT2D eigenvalue weighted by molar-refractivity contribution is 6.02. The van der Waals surface area contributed by atoms with Crippen LogP contribution in [-0.4, -0.2) is 40.2 Å². The number of hydrogen-bond donors (Lipinski definition) is 0. The number of hydrogen-bond acceptors (Lipinski definition) is 6. The lowest BCUT2D eigenvalue weighted by atomic mass is 10.0. The summed E-state index contributed by atoms with van der Waals surface area (Å²) in [6.07, 6.45) is 0.681. The average Bonchev–Trinajstić information content (AvgIpc) is 2.57. The Hall–Kier alpha value is -2.76. The highest BCUT2D eigenvalue weighted by atomic mass is 16.6. The fourth-order valence-corrected chi connectivity index (χ4v) is 2.10. The molecule has 22 heavy (non-hydrogen) atoms. The molecule has 0 aliphatic rings. The first kappa shape index (κ1) is 15.6. The summed E-state index contributed by atoms with van der Waals surface area (Å²) in [7, 11) is 4.32. The normalized spacial score (nSPS) is 10.1. The molecule has 0 fully saturated rings. The second kappa shape index (κ2) is 6.80. The van der Waals surface area contributed by atoms with E-state index in [1.165, 1.54) is 21.3 Å². The summed E-state index contributed by atoms with van der Waals surface area (Å²) in [4.78, 5) is 22.6. The molecular weight excluding hydrogens is 288 g/mol. The minimum atomic E-state index is -0.524. The fourth-order valence-electron chi connectivity index (χ4n) is 2.10. The van der Waals surface area contributed by atoms with Crippen LogP contribution in [0.4, 0.5) is 0 Å². The van der Waals surface area contributed by atoms with Crippen LogP contribution in [0.5, 0.6) is 17.2 Å². The van der Waals surface area contributed by atoms with E-state index < -0.39 is 5.97 Å². The summed E-state index contributed by atoms with van der Waals surface area (Å²) in [5, 5.41) is 1.44. The van der Waals surface area contributed by atoms with Gasteiger partial charge >= 0.3 is 5.97 Å². The van der Waals surface area contributed by atoms with Gasteiger partial charge in [0.05, 0.1) is 26.9 Å². The van der Waals surface area contributed by atoms with Gasteiger partial charge in [-0.25, -0.2) is 4.79 Å².